The van der Waals surface area contributed by atoms with Crippen LogP contribution in [0.15, 0.2) is 42.6 Å². The smallest absolute Gasteiger partial charge is 0.129 e. The number of aromatic nitrogens is 1. The molecule has 1 atom stereocenters. The van der Waals surface area contributed by atoms with Crippen LogP contribution in [-0.2, 0) is 12.8 Å². The second kappa shape index (κ2) is 5.69. The summed E-state index contributed by atoms with van der Waals surface area (Å²) in [6.45, 7) is 0. The third-order valence-electron chi connectivity index (χ3n) is 2.69. The van der Waals surface area contributed by atoms with E-state index in [-0.39, 0.29) is 6.04 Å². The predicted molar refractivity (Wildman–Crippen MR) is 66.0 cm³/mol. The molecule has 4 heteroatoms. The Kier molecular flexibility index (Phi) is 3.99. The van der Waals surface area contributed by atoms with Crippen molar-refractivity contribution in [3.05, 3.63) is 65.5 Å². The zero-order valence-corrected chi connectivity index (χ0v) is 9.81. The van der Waals surface area contributed by atoms with Crippen molar-refractivity contribution in [1.29, 1.82) is 0 Å². The van der Waals surface area contributed by atoms with Gasteiger partial charge in [-0.05, 0) is 30.2 Å². The summed E-state index contributed by atoms with van der Waals surface area (Å²) < 4.78 is 26.2. The number of nitrogens with zero attached hydrogens (tertiary/aromatic N) is 1. The van der Waals surface area contributed by atoms with Crippen LogP contribution in [0.3, 0.4) is 0 Å². The summed E-state index contributed by atoms with van der Waals surface area (Å²) in [6.07, 6.45) is 2.63. The molecule has 0 fully saturated rings. The Labute approximate surface area is 104 Å². The summed E-state index contributed by atoms with van der Waals surface area (Å²) in [5, 5.41) is 0. The maximum atomic E-state index is 13.4. The molecule has 0 saturated heterocycles. The zero-order valence-electron chi connectivity index (χ0n) is 9.81. The second-order valence-corrected chi connectivity index (χ2v) is 4.23. The minimum atomic E-state index is -0.574. The molecule has 0 radical (unpaired) electrons. The van der Waals surface area contributed by atoms with Crippen LogP contribution in [0.1, 0.15) is 11.3 Å². The van der Waals surface area contributed by atoms with E-state index < -0.39 is 11.6 Å². The highest BCUT2D eigenvalue weighted by Gasteiger charge is 2.10. The number of hydrogen-bond acceptors (Lipinski definition) is 2. The van der Waals surface area contributed by atoms with Crippen molar-refractivity contribution in [2.24, 2.45) is 5.73 Å². The van der Waals surface area contributed by atoms with Crippen molar-refractivity contribution >= 4 is 0 Å². The SMILES string of the molecule is NC(Cc1ccccn1)Cc1ccc(F)cc1F. The lowest BCUT2D eigenvalue weighted by molar-refractivity contribution is 0.557. The van der Waals surface area contributed by atoms with E-state index in [9.17, 15) is 8.78 Å². The molecule has 0 spiro atoms. The third kappa shape index (κ3) is 3.34. The summed E-state index contributed by atoms with van der Waals surface area (Å²) in [5.74, 6) is -1.12. The lowest BCUT2D eigenvalue weighted by Crippen LogP contribution is -2.26. The van der Waals surface area contributed by atoms with E-state index in [4.69, 9.17) is 5.73 Å². The molecule has 2 nitrogen and oxygen atoms in total. The van der Waals surface area contributed by atoms with Gasteiger partial charge in [-0.1, -0.05) is 12.1 Å². The van der Waals surface area contributed by atoms with Gasteiger partial charge in [0.15, 0.2) is 0 Å². The number of benzene rings is 1. The third-order valence-corrected chi connectivity index (χ3v) is 2.69. The van der Waals surface area contributed by atoms with Crippen molar-refractivity contribution < 1.29 is 8.78 Å². The van der Waals surface area contributed by atoms with Crippen LogP contribution in [0, 0.1) is 11.6 Å². The van der Waals surface area contributed by atoms with Crippen molar-refractivity contribution in [3.63, 3.8) is 0 Å². The Hall–Kier alpha value is -1.81. The average Bonchev–Trinajstić information content (AvgIpc) is 2.34. The second-order valence-electron chi connectivity index (χ2n) is 4.23. The van der Waals surface area contributed by atoms with Crippen molar-refractivity contribution in [2.75, 3.05) is 0 Å². The minimum absolute atomic E-state index is 0.236. The highest BCUT2D eigenvalue weighted by molar-refractivity contribution is 5.20. The standard InChI is InChI=1S/C14H14F2N2/c15-11-5-4-10(14(16)8-11)7-12(17)9-13-3-1-2-6-18-13/h1-6,8,12H,7,9,17H2. The van der Waals surface area contributed by atoms with Gasteiger partial charge in [0.2, 0.25) is 0 Å². The lowest BCUT2D eigenvalue weighted by Gasteiger charge is -2.11. The van der Waals surface area contributed by atoms with Gasteiger partial charge in [0, 0.05) is 30.4 Å². The summed E-state index contributed by atoms with van der Waals surface area (Å²) in [7, 11) is 0. The molecule has 1 heterocycles. The van der Waals surface area contributed by atoms with Crippen LogP contribution in [0.4, 0.5) is 8.78 Å². The van der Waals surface area contributed by atoms with Crippen molar-refractivity contribution in [1.82, 2.24) is 4.98 Å². The summed E-state index contributed by atoms with van der Waals surface area (Å²) >= 11 is 0. The molecule has 0 aliphatic heterocycles. The van der Waals surface area contributed by atoms with Gasteiger partial charge >= 0.3 is 0 Å². The number of nitrogens with two attached hydrogens (primary N) is 1. The van der Waals surface area contributed by atoms with Crippen LogP contribution in [0.25, 0.3) is 0 Å². The first-order chi connectivity index (χ1) is 8.65. The predicted octanol–water partition coefficient (Wildman–Crippen LogP) is 2.47. The van der Waals surface area contributed by atoms with Gasteiger partial charge in [-0.25, -0.2) is 8.78 Å². The van der Waals surface area contributed by atoms with Gasteiger partial charge in [0.05, 0.1) is 0 Å². The van der Waals surface area contributed by atoms with E-state index in [2.05, 4.69) is 4.98 Å². The Bertz CT molecular complexity index is 514. The monoisotopic (exact) mass is 248 g/mol. The number of halogens is 2. The van der Waals surface area contributed by atoms with Gasteiger partial charge in [-0.15, -0.1) is 0 Å². The number of hydrogen-bond donors (Lipinski definition) is 1. The molecule has 0 aliphatic rings. The normalized spacial score (nSPS) is 12.4. The molecule has 0 bridgehead atoms. The molecule has 94 valence electrons. The topological polar surface area (TPSA) is 38.9 Å². The fraction of sp³-hybridized carbons (Fsp3) is 0.214. The van der Waals surface area contributed by atoms with Gasteiger partial charge in [0.25, 0.3) is 0 Å². The Morgan fingerprint density at radius 2 is 1.94 bits per heavy atom. The largest absolute Gasteiger partial charge is 0.327 e. The maximum absolute atomic E-state index is 13.4. The molecule has 0 saturated carbocycles. The fourth-order valence-electron chi connectivity index (χ4n) is 1.83. The Morgan fingerprint density at radius 1 is 1.11 bits per heavy atom. The van der Waals surface area contributed by atoms with Gasteiger partial charge in [-0.2, -0.15) is 0 Å². The fourth-order valence-corrected chi connectivity index (χ4v) is 1.83. The van der Waals surface area contributed by atoms with Crippen molar-refractivity contribution in [3.8, 4) is 0 Å². The van der Waals surface area contributed by atoms with Gasteiger partial charge in [0.1, 0.15) is 11.6 Å². The van der Waals surface area contributed by atoms with Crippen molar-refractivity contribution in [2.45, 2.75) is 18.9 Å². The minimum Gasteiger partial charge on any atom is -0.327 e. The molecule has 2 aromatic rings. The highest BCUT2D eigenvalue weighted by atomic mass is 19.1. The molecule has 18 heavy (non-hydrogen) atoms. The molecule has 2 rings (SSSR count). The molecule has 1 aromatic heterocycles. The summed E-state index contributed by atoms with van der Waals surface area (Å²) in [4.78, 5) is 4.16. The first-order valence-corrected chi connectivity index (χ1v) is 5.74. The van der Waals surface area contributed by atoms with Gasteiger partial charge in [-0.3, -0.25) is 4.98 Å². The first-order valence-electron chi connectivity index (χ1n) is 5.74. The van der Waals surface area contributed by atoms with Crippen LogP contribution >= 0.6 is 0 Å². The average molecular weight is 248 g/mol. The van der Waals surface area contributed by atoms with Crippen LogP contribution < -0.4 is 5.73 Å². The Balaban J connectivity index is 2.01. The first kappa shape index (κ1) is 12.6. The summed E-state index contributed by atoms with van der Waals surface area (Å²) in [6, 6.07) is 8.90. The summed E-state index contributed by atoms with van der Waals surface area (Å²) in [5.41, 5.74) is 7.24. The van der Waals surface area contributed by atoms with Crippen LogP contribution in [-0.4, -0.2) is 11.0 Å². The van der Waals surface area contributed by atoms with Gasteiger partial charge < -0.3 is 5.73 Å². The van der Waals surface area contributed by atoms with Crippen LogP contribution in [0.5, 0.6) is 0 Å². The highest BCUT2D eigenvalue weighted by Crippen LogP contribution is 2.12. The van der Waals surface area contributed by atoms with E-state index in [1.165, 1.54) is 12.1 Å². The molecule has 0 amide bonds. The zero-order chi connectivity index (χ0) is 13.0. The molecule has 0 aliphatic carbocycles. The van der Waals surface area contributed by atoms with E-state index in [0.29, 0.717) is 18.4 Å². The maximum Gasteiger partial charge on any atom is 0.129 e. The van der Waals surface area contributed by atoms with E-state index in [1.807, 2.05) is 18.2 Å². The Morgan fingerprint density at radius 3 is 2.61 bits per heavy atom. The number of pyridine rings is 1. The molecule has 1 unspecified atom stereocenters. The van der Waals surface area contributed by atoms with E-state index in [0.717, 1.165) is 11.8 Å². The molecule has 2 N–H and O–H groups in total. The molecular formula is C14H14F2N2. The number of rotatable bonds is 4. The molecule has 1 aromatic carbocycles. The molecular weight excluding hydrogens is 234 g/mol. The lowest BCUT2D eigenvalue weighted by atomic mass is 10.0. The van der Waals surface area contributed by atoms with E-state index >= 15 is 0 Å². The van der Waals surface area contributed by atoms with E-state index in [1.54, 1.807) is 6.20 Å². The van der Waals surface area contributed by atoms with Crippen LogP contribution in [0.2, 0.25) is 0 Å². The quantitative estimate of drug-likeness (QED) is 0.902.